The summed E-state index contributed by atoms with van der Waals surface area (Å²) in [4.78, 5) is 10.4. The summed E-state index contributed by atoms with van der Waals surface area (Å²) in [5.74, 6) is 0.961. The molecule has 0 aliphatic carbocycles. The van der Waals surface area contributed by atoms with Crippen LogP contribution < -0.4 is 10.5 Å². The average molecular weight is 255 g/mol. The molecule has 1 heterocycles. The maximum atomic E-state index is 10.4. The summed E-state index contributed by atoms with van der Waals surface area (Å²) in [5.41, 5.74) is 6.57. The number of rotatable bonds is 3. The number of methoxy groups -OCH3 is 1. The zero-order valence-corrected chi connectivity index (χ0v) is 9.85. The van der Waals surface area contributed by atoms with E-state index in [2.05, 4.69) is 10.3 Å². The Bertz CT molecular complexity index is 510. The van der Waals surface area contributed by atoms with Crippen molar-refractivity contribution in [3.63, 3.8) is 0 Å². The molecule has 6 nitrogen and oxygen atoms in total. The first-order chi connectivity index (χ1) is 7.76. The Hall–Kier alpha value is -2.08. The fourth-order valence-corrected chi connectivity index (χ4v) is 1.35. The topological polar surface area (TPSA) is 82.5 Å². The SMILES string of the molecule is COc1ccc(-n2ncc(N=O)c2N)cc1.Cl. The van der Waals surface area contributed by atoms with Gasteiger partial charge in [0.2, 0.25) is 0 Å². The van der Waals surface area contributed by atoms with Gasteiger partial charge in [0.1, 0.15) is 5.75 Å². The molecule has 0 saturated heterocycles. The van der Waals surface area contributed by atoms with E-state index in [0.717, 1.165) is 11.4 Å². The van der Waals surface area contributed by atoms with Gasteiger partial charge in [-0.2, -0.15) is 5.10 Å². The zero-order valence-electron chi connectivity index (χ0n) is 9.03. The first-order valence-corrected chi connectivity index (χ1v) is 4.57. The molecule has 0 aliphatic rings. The molecule has 0 bridgehead atoms. The molecule has 2 N–H and O–H groups in total. The number of ether oxygens (including phenoxy) is 1. The Kier molecular flexibility index (Phi) is 4.06. The van der Waals surface area contributed by atoms with E-state index in [0.29, 0.717) is 0 Å². The molecule has 0 saturated carbocycles. The van der Waals surface area contributed by atoms with Gasteiger partial charge in [0.25, 0.3) is 0 Å². The van der Waals surface area contributed by atoms with Crippen LogP contribution in [0.4, 0.5) is 11.5 Å². The third-order valence-corrected chi connectivity index (χ3v) is 2.20. The highest BCUT2D eigenvalue weighted by Gasteiger charge is 2.08. The lowest BCUT2D eigenvalue weighted by Crippen LogP contribution is -2.01. The van der Waals surface area contributed by atoms with Gasteiger partial charge in [-0.25, -0.2) is 4.68 Å². The van der Waals surface area contributed by atoms with Crippen LogP contribution in [0.15, 0.2) is 35.6 Å². The Morgan fingerprint density at radius 1 is 1.35 bits per heavy atom. The average Bonchev–Trinajstić information content (AvgIpc) is 2.70. The predicted octanol–water partition coefficient (Wildman–Crippen LogP) is 2.28. The van der Waals surface area contributed by atoms with Crippen molar-refractivity contribution in [3.05, 3.63) is 35.4 Å². The van der Waals surface area contributed by atoms with Gasteiger partial charge in [0, 0.05) is 0 Å². The van der Waals surface area contributed by atoms with Crippen LogP contribution >= 0.6 is 12.4 Å². The maximum Gasteiger partial charge on any atom is 0.170 e. The Morgan fingerprint density at radius 3 is 2.47 bits per heavy atom. The van der Waals surface area contributed by atoms with E-state index < -0.39 is 0 Å². The van der Waals surface area contributed by atoms with Crippen molar-refractivity contribution in [2.24, 2.45) is 5.18 Å². The summed E-state index contributed by atoms with van der Waals surface area (Å²) < 4.78 is 6.47. The molecule has 7 heteroatoms. The van der Waals surface area contributed by atoms with E-state index in [-0.39, 0.29) is 23.9 Å². The number of nitrogens with zero attached hydrogens (tertiary/aromatic N) is 3. The zero-order chi connectivity index (χ0) is 11.5. The lowest BCUT2D eigenvalue weighted by Gasteiger charge is -2.04. The van der Waals surface area contributed by atoms with Gasteiger partial charge in [0.05, 0.1) is 19.0 Å². The van der Waals surface area contributed by atoms with Crippen molar-refractivity contribution < 1.29 is 4.74 Å². The highest BCUT2D eigenvalue weighted by atomic mass is 35.5. The van der Waals surface area contributed by atoms with Crippen LogP contribution in [0, 0.1) is 4.91 Å². The van der Waals surface area contributed by atoms with Gasteiger partial charge in [-0.05, 0) is 29.4 Å². The summed E-state index contributed by atoms with van der Waals surface area (Å²) in [5, 5.41) is 6.74. The van der Waals surface area contributed by atoms with Crippen LogP contribution in [0.25, 0.3) is 5.69 Å². The number of hydrogen-bond donors (Lipinski definition) is 1. The number of nitrogens with two attached hydrogens (primary N) is 1. The smallest absolute Gasteiger partial charge is 0.170 e. The van der Waals surface area contributed by atoms with E-state index in [1.54, 1.807) is 31.4 Å². The molecule has 2 rings (SSSR count). The molecule has 0 atom stereocenters. The lowest BCUT2D eigenvalue weighted by atomic mass is 10.3. The fraction of sp³-hybridized carbons (Fsp3) is 0.100. The highest BCUT2D eigenvalue weighted by molar-refractivity contribution is 5.85. The second kappa shape index (κ2) is 5.31. The van der Waals surface area contributed by atoms with Gasteiger partial charge in [-0.3, -0.25) is 0 Å². The van der Waals surface area contributed by atoms with Crippen LogP contribution in [0.3, 0.4) is 0 Å². The molecule has 1 aromatic carbocycles. The molecule has 17 heavy (non-hydrogen) atoms. The van der Waals surface area contributed by atoms with Crippen LogP contribution in [-0.2, 0) is 0 Å². The van der Waals surface area contributed by atoms with E-state index in [1.165, 1.54) is 10.9 Å². The highest BCUT2D eigenvalue weighted by Crippen LogP contribution is 2.24. The minimum atomic E-state index is 0. The van der Waals surface area contributed by atoms with E-state index in [1.807, 2.05) is 0 Å². The number of aromatic nitrogens is 2. The number of benzene rings is 1. The van der Waals surface area contributed by atoms with Crippen molar-refractivity contribution in [2.75, 3.05) is 12.8 Å². The minimum Gasteiger partial charge on any atom is -0.497 e. The Morgan fingerprint density at radius 2 is 2.00 bits per heavy atom. The Labute approximate surface area is 104 Å². The molecular weight excluding hydrogens is 244 g/mol. The van der Waals surface area contributed by atoms with E-state index in [4.69, 9.17) is 10.5 Å². The van der Waals surface area contributed by atoms with Gasteiger partial charge >= 0.3 is 0 Å². The quantitative estimate of drug-likeness (QED) is 0.852. The van der Waals surface area contributed by atoms with Gasteiger partial charge < -0.3 is 10.5 Å². The van der Waals surface area contributed by atoms with Crippen molar-refractivity contribution in [1.82, 2.24) is 9.78 Å². The number of nitrogen functional groups attached to an aromatic ring is 1. The molecular formula is C10H11ClN4O2. The van der Waals surface area contributed by atoms with E-state index in [9.17, 15) is 4.91 Å². The number of anilines is 1. The Balaban J connectivity index is 0.00000144. The third-order valence-electron chi connectivity index (χ3n) is 2.20. The van der Waals surface area contributed by atoms with Crippen molar-refractivity contribution in [3.8, 4) is 11.4 Å². The summed E-state index contributed by atoms with van der Waals surface area (Å²) >= 11 is 0. The van der Waals surface area contributed by atoms with Crippen LogP contribution in [0.2, 0.25) is 0 Å². The summed E-state index contributed by atoms with van der Waals surface area (Å²) in [7, 11) is 1.59. The second-order valence-corrected chi connectivity index (χ2v) is 3.12. The number of hydrogen-bond acceptors (Lipinski definition) is 5. The van der Waals surface area contributed by atoms with Crippen LogP contribution in [0.1, 0.15) is 0 Å². The maximum absolute atomic E-state index is 10.4. The normalized spacial score (nSPS) is 9.47. The van der Waals surface area contributed by atoms with Crippen molar-refractivity contribution in [1.29, 1.82) is 0 Å². The molecule has 0 radical (unpaired) electrons. The molecule has 90 valence electrons. The molecule has 0 aliphatic heterocycles. The lowest BCUT2D eigenvalue weighted by molar-refractivity contribution is 0.414. The van der Waals surface area contributed by atoms with Crippen LogP contribution in [0.5, 0.6) is 5.75 Å². The van der Waals surface area contributed by atoms with Crippen molar-refractivity contribution >= 4 is 23.9 Å². The second-order valence-electron chi connectivity index (χ2n) is 3.12. The predicted molar refractivity (Wildman–Crippen MR) is 67.2 cm³/mol. The van der Waals surface area contributed by atoms with Gasteiger partial charge in [-0.15, -0.1) is 17.3 Å². The van der Waals surface area contributed by atoms with Crippen LogP contribution in [-0.4, -0.2) is 16.9 Å². The standard InChI is InChI=1S/C10H10N4O2.ClH/c1-16-8-4-2-7(3-5-8)14-10(11)9(13-15)6-12-14;/h2-6H,11H2,1H3;1H. The first kappa shape index (κ1) is 13.0. The third kappa shape index (κ3) is 2.36. The molecule has 0 amide bonds. The minimum absolute atomic E-state index is 0. The summed E-state index contributed by atoms with van der Waals surface area (Å²) in [6.07, 6.45) is 1.33. The molecule has 0 unspecified atom stereocenters. The largest absolute Gasteiger partial charge is 0.497 e. The number of halogens is 1. The van der Waals surface area contributed by atoms with E-state index >= 15 is 0 Å². The number of nitroso groups, excluding NO2 is 1. The van der Waals surface area contributed by atoms with Crippen molar-refractivity contribution in [2.45, 2.75) is 0 Å². The van der Waals surface area contributed by atoms with Gasteiger partial charge in [0.15, 0.2) is 11.5 Å². The monoisotopic (exact) mass is 254 g/mol. The molecule has 2 aromatic rings. The fourth-order valence-electron chi connectivity index (χ4n) is 1.35. The summed E-state index contributed by atoms with van der Waals surface area (Å²) in [6.45, 7) is 0. The molecule has 1 aromatic heterocycles. The molecule has 0 fully saturated rings. The first-order valence-electron chi connectivity index (χ1n) is 4.57. The summed E-state index contributed by atoms with van der Waals surface area (Å²) in [6, 6.07) is 7.14. The van der Waals surface area contributed by atoms with Gasteiger partial charge in [-0.1, -0.05) is 0 Å². The molecule has 0 spiro atoms.